The van der Waals surface area contributed by atoms with Gasteiger partial charge in [0.25, 0.3) is 0 Å². The molecule has 5 nitrogen and oxygen atoms in total. The Kier molecular flexibility index (Phi) is 5.81. The molecule has 24 heavy (non-hydrogen) atoms. The van der Waals surface area contributed by atoms with Gasteiger partial charge in [0, 0.05) is 45.4 Å². The van der Waals surface area contributed by atoms with Crippen molar-refractivity contribution in [3.05, 3.63) is 35.6 Å². The maximum Gasteiger partial charge on any atom is 0.221 e. The summed E-state index contributed by atoms with van der Waals surface area (Å²) >= 11 is 0. The molecule has 1 amide bonds. The van der Waals surface area contributed by atoms with E-state index in [1.165, 1.54) is 12.1 Å². The lowest BCUT2D eigenvalue weighted by Gasteiger charge is -2.37. The number of piperidine rings is 1. The highest BCUT2D eigenvalue weighted by molar-refractivity contribution is 5.76. The summed E-state index contributed by atoms with van der Waals surface area (Å²) < 4.78 is 24.2. The second kappa shape index (κ2) is 8.05. The first-order chi connectivity index (χ1) is 11.7. The van der Waals surface area contributed by atoms with Gasteiger partial charge in [-0.25, -0.2) is 4.39 Å². The van der Waals surface area contributed by atoms with Crippen LogP contribution in [-0.4, -0.2) is 56.0 Å². The van der Waals surface area contributed by atoms with Crippen LogP contribution < -0.4 is 5.32 Å². The molecule has 0 radical (unpaired) electrons. The van der Waals surface area contributed by atoms with E-state index in [2.05, 4.69) is 10.2 Å². The zero-order valence-corrected chi connectivity index (χ0v) is 13.9. The molecule has 0 unspecified atom stereocenters. The molecule has 2 aliphatic heterocycles. The molecule has 0 bridgehead atoms. The van der Waals surface area contributed by atoms with E-state index in [4.69, 9.17) is 9.47 Å². The highest BCUT2D eigenvalue weighted by Gasteiger charge is 2.39. The average Bonchev–Trinajstić information content (AvgIpc) is 3.04. The van der Waals surface area contributed by atoms with Crippen LogP contribution in [0.1, 0.15) is 24.8 Å². The van der Waals surface area contributed by atoms with Crippen molar-refractivity contribution in [2.75, 3.05) is 39.4 Å². The van der Waals surface area contributed by atoms with Crippen molar-refractivity contribution in [1.29, 1.82) is 0 Å². The summed E-state index contributed by atoms with van der Waals surface area (Å²) in [6.45, 7) is 4.53. The number of hydrogen-bond acceptors (Lipinski definition) is 4. The van der Waals surface area contributed by atoms with Gasteiger partial charge in [-0.15, -0.1) is 0 Å². The van der Waals surface area contributed by atoms with Crippen LogP contribution in [0.25, 0.3) is 0 Å². The van der Waals surface area contributed by atoms with Crippen LogP contribution in [0.5, 0.6) is 0 Å². The molecule has 1 aromatic carbocycles. The van der Waals surface area contributed by atoms with Crippen LogP contribution in [0.3, 0.4) is 0 Å². The first-order valence-electron chi connectivity index (χ1n) is 8.67. The molecule has 1 N–H and O–H groups in total. The number of nitrogens with zero attached hydrogens (tertiary/aromatic N) is 1. The van der Waals surface area contributed by atoms with Crippen LogP contribution >= 0.6 is 0 Å². The normalized spacial score (nSPS) is 20.4. The molecule has 2 aliphatic rings. The predicted molar refractivity (Wildman–Crippen MR) is 88.0 cm³/mol. The maximum atomic E-state index is 12.8. The number of benzene rings is 1. The van der Waals surface area contributed by atoms with Gasteiger partial charge in [0.15, 0.2) is 5.79 Å². The fraction of sp³-hybridized carbons (Fsp3) is 0.611. The van der Waals surface area contributed by atoms with Crippen molar-refractivity contribution in [3.8, 4) is 0 Å². The van der Waals surface area contributed by atoms with E-state index in [1.807, 2.05) is 0 Å². The van der Waals surface area contributed by atoms with Crippen LogP contribution in [0.2, 0.25) is 0 Å². The Morgan fingerprint density at radius 1 is 1.17 bits per heavy atom. The lowest BCUT2D eigenvalue weighted by atomic mass is 10.0. The quantitative estimate of drug-likeness (QED) is 0.859. The van der Waals surface area contributed by atoms with Gasteiger partial charge in [0.05, 0.1) is 13.2 Å². The second-order valence-electron chi connectivity index (χ2n) is 6.43. The molecular weight excluding hydrogens is 311 g/mol. The zero-order chi connectivity index (χ0) is 16.8. The molecule has 1 spiro atoms. The minimum atomic E-state index is -0.353. The van der Waals surface area contributed by atoms with Crippen molar-refractivity contribution < 1.29 is 18.7 Å². The minimum Gasteiger partial charge on any atom is -0.356 e. The molecule has 3 rings (SSSR count). The van der Waals surface area contributed by atoms with Gasteiger partial charge in [-0.05, 0) is 24.1 Å². The predicted octanol–water partition coefficient (Wildman–Crippen LogP) is 1.71. The monoisotopic (exact) mass is 336 g/mol. The minimum absolute atomic E-state index is 0.0609. The Balaban J connectivity index is 1.29. The third kappa shape index (κ3) is 4.75. The fourth-order valence-electron chi connectivity index (χ4n) is 3.25. The Bertz CT molecular complexity index is 534. The number of likely N-dealkylation sites (tertiary alicyclic amines) is 1. The molecule has 0 aromatic heterocycles. The van der Waals surface area contributed by atoms with E-state index in [9.17, 15) is 9.18 Å². The van der Waals surface area contributed by atoms with Gasteiger partial charge in [0.2, 0.25) is 5.91 Å². The molecular formula is C18H25FN2O3. The molecule has 2 heterocycles. The Hall–Kier alpha value is -1.50. The van der Waals surface area contributed by atoms with Gasteiger partial charge < -0.3 is 19.7 Å². The zero-order valence-electron chi connectivity index (χ0n) is 13.9. The lowest BCUT2D eigenvalue weighted by Crippen LogP contribution is -2.46. The number of hydrogen-bond donors (Lipinski definition) is 1. The number of amides is 1. The Labute approximate surface area is 142 Å². The third-order valence-corrected chi connectivity index (χ3v) is 4.74. The van der Waals surface area contributed by atoms with Gasteiger partial charge in [-0.1, -0.05) is 12.1 Å². The van der Waals surface area contributed by atoms with E-state index < -0.39 is 0 Å². The fourth-order valence-corrected chi connectivity index (χ4v) is 3.25. The molecule has 6 heteroatoms. The van der Waals surface area contributed by atoms with E-state index in [-0.39, 0.29) is 17.5 Å². The van der Waals surface area contributed by atoms with Crippen molar-refractivity contribution >= 4 is 5.91 Å². The molecule has 0 aliphatic carbocycles. The number of carbonyl (C=O) groups excluding carboxylic acids is 1. The van der Waals surface area contributed by atoms with E-state index >= 15 is 0 Å². The van der Waals surface area contributed by atoms with E-state index in [0.717, 1.165) is 38.0 Å². The summed E-state index contributed by atoms with van der Waals surface area (Å²) in [5.41, 5.74) is 1.02. The van der Waals surface area contributed by atoms with Gasteiger partial charge in [0.1, 0.15) is 5.82 Å². The molecule has 0 atom stereocenters. The van der Waals surface area contributed by atoms with Crippen molar-refractivity contribution in [3.63, 3.8) is 0 Å². The molecule has 2 saturated heterocycles. The topological polar surface area (TPSA) is 50.8 Å². The molecule has 2 fully saturated rings. The molecule has 132 valence electrons. The summed E-state index contributed by atoms with van der Waals surface area (Å²) in [6.07, 6.45) is 2.96. The highest BCUT2D eigenvalue weighted by Crippen LogP contribution is 2.31. The second-order valence-corrected chi connectivity index (χ2v) is 6.43. The number of rotatable bonds is 6. The van der Waals surface area contributed by atoms with Gasteiger partial charge >= 0.3 is 0 Å². The van der Waals surface area contributed by atoms with Gasteiger partial charge in [-0.2, -0.15) is 0 Å². The summed E-state index contributed by atoms with van der Waals surface area (Å²) in [6, 6.07) is 6.38. The number of ether oxygens (including phenoxy) is 2. The SMILES string of the molecule is O=C(CCN1CCC2(CC1)OCCO2)NCCc1ccc(F)cc1. The lowest BCUT2D eigenvalue weighted by molar-refractivity contribution is -0.185. The Morgan fingerprint density at radius 2 is 1.83 bits per heavy atom. The van der Waals surface area contributed by atoms with Crippen molar-refractivity contribution in [1.82, 2.24) is 10.2 Å². The van der Waals surface area contributed by atoms with Crippen molar-refractivity contribution in [2.45, 2.75) is 31.5 Å². The van der Waals surface area contributed by atoms with Crippen LogP contribution in [0.4, 0.5) is 4.39 Å². The molecule has 1 aromatic rings. The number of nitrogens with one attached hydrogen (secondary N) is 1. The van der Waals surface area contributed by atoms with Crippen LogP contribution in [0, 0.1) is 5.82 Å². The van der Waals surface area contributed by atoms with Crippen LogP contribution in [-0.2, 0) is 20.7 Å². The standard InChI is InChI=1S/C18H25FN2O3/c19-16-3-1-15(2-4-16)5-9-20-17(22)6-10-21-11-7-18(8-12-21)23-13-14-24-18/h1-4H,5-14H2,(H,20,22). The summed E-state index contributed by atoms with van der Waals surface area (Å²) in [7, 11) is 0. The van der Waals surface area contributed by atoms with Crippen LogP contribution in [0.15, 0.2) is 24.3 Å². The average molecular weight is 336 g/mol. The van der Waals surface area contributed by atoms with E-state index in [0.29, 0.717) is 32.6 Å². The summed E-state index contributed by atoms with van der Waals surface area (Å²) in [5.74, 6) is -0.529. The van der Waals surface area contributed by atoms with Crippen molar-refractivity contribution in [2.24, 2.45) is 0 Å². The van der Waals surface area contributed by atoms with E-state index in [1.54, 1.807) is 12.1 Å². The highest BCUT2D eigenvalue weighted by atomic mass is 19.1. The molecule has 0 saturated carbocycles. The maximum absolute atomic E-state index is 12.8. The smallest absolute Gasteiger partial charge is 0.221 e. The number of halogens is 1. The summed E-state index contributed by atoms with van der Waals surface area (Å²) in [4.78, 5) is 14.2. The largest absolute Gasteiger partial charge is 0.356 e. The van der Waals surface area contributed by atoms with Gasteiger partial charge in [-0.3, -0.25) is 4.79 Å². The third-order valence-electron chi connectivity index (χ3n) is 4.74. The first-order valence-corrected chi connectivity index (χ1v) is 8.67. The first kappa shape index (κ1) is 17.3. The Morgan fingerprint density at radius 3 is 2.50 bits per heavy atom. The number of carbonyl (C=O) groups is 1. The summed E-state index contributed by atoms with van der Waals surface area (Å²) in [5, 5.41) is 2.93.